The third-order valence-electron chi connectivity index (χ3n) is 3.60. The first-order valence-corrected chi connectivity index (χ1v) is 9.02. The highest BCUT2D eigenvalue weighted by atomic mass is 32.1. The van der Waals surface area contributed by atoms with Gasteiger partial charge in [0.15, 0.2) is 11.1 Å². The Morgan fingerprint density at radius 3 is 2.73 bits per heavy atom. The van der Waals surface area contributed by atoms with Crippen molar-refractivity contribution in [2.24, 2.45) is 4.99 Å². The van der Waals surface area contributed by atoms with E-state index in [4.69, 9.17) is 10.2 Å². The van der Waals surface area contributed by atoms with E-state index in [0.717, 1.165) is 34.3 Å². The average Bonchev–Trinajstić information content (AvgIpc) is 3.16. The maximum absolute atomic E-state index is 9.07. The summed E-state index contributed by atoms with van der Waals surface area (Å²) in [4.78, 5) is 13.4. The number of nitrogens with zero attached hydrogens (tertiary/aromatic N) is 4. The monoisotopic (exact) mass is 362 g/mol. The second kappa shape index (κ2) is 8.23. The van der Waals surface area contributed by atoms with Crippen LogP contribution in [0.3, 0.4) is 0 Å². The van der Waals surface area contributed by atoms with Crippen LogP contribution in [0.5, 0.6) is 0 Å². The Labute approximate surface area is 156 Å². The molecular formula is C19H18N6S. The van der Waals surface area contributed by atoms with Gasteiger partial charge in [-0.2, -0.15) is 5.26 Å². The summed E-state index contributed by atoms with van der Waals surface area (Å²) in [5.41, 5.74) is 3.91. The van der Waals surface area contributed by atoms with Crippen LogP contribution in [0.4, 0.5) is 5.13 Å². The molecule has 2 heterocycles. The minimum absolute atomic E-state index is 0.615. The Balaban J connectivity index is 1.86. The lowest BCUT2D eigenvalue weighted by atomic mass is 10.1. The van der Waals surface area contributed by atoms with E-state index in [-0.39, 0.29) is 0 Å². The molecule has 3 aromatic rings. The molecule has 0 unspecified atom stereocenters. The second-order valence-corrected chi connectivity index (χ2v) is 6.22. The van der Waals surface area contributed by atoms with Crippen molar-refractivity contribution in [2.45, 2.75) is 6.92 Å². The molecule has 26 heavy (non-hydrogen) atoms. The summed E-state index contributed by atoms with van der Waals surface area (Å²) in [6, 6.07) is 15.4. The number of hydrogen-bond donors (Lipinski definition) is 2. The third-order valence-corrected chi connectivity index (χ3v) is 4.35. The largest absolute Gasteiger partial charge is 0.356 e. The highest BCUT2D eigenvalue weighted by molar-refractivity contribution is 7.14. The second-order valence-electron chi connectivity index (χ2n) is 5.37. The Morgan fingerprint density at radius 2 is 1.96 bits per heavy atom. The highest BCUT2D eigenvalue weighted by Gasteiger charge is 2.09. The lowest BCUT2D eigenvalue weighted by Gasteiger charge is -2.06. The molecule has 1 aromatic carbocycles. The first-order chi connectivity index (χ1) is 12.7. The number of benzene rings is 1. The van der Waals surface area contributed by atoms with Gasteiger partial charge in [-0.1, -0.05) is 18.2 Å². The van der Waals surface area contributed by atoms with E-state index in [9.17, 15) is 0 Å². The summed E-state index contributed by atoms with van der Waals surface area (Å²) in [6.07, 6.45) is 0. The van der Waals surface area contributed by atoms with Gasteiger partial charge in [-0.05, 0) is 31.2 Å². The number of nitrogens with one attached hydrogen (secondary N) is 2. The molecule has 7 heteroatoms. The van der Waals surface area contributed by atoms with Gasteiger partial charge in [-0.15, -0.1) is 11.3 Å². The highest BCUT2D eigenvalue weighted by Crippen LogP contribution is 2.26. The first-order valence-electron chi connectivity index (χ1n) is 8.14. The van der Waals surface area contributed by atoms with Crippen LogP contribution >= 0.6 is 11.3 Å². The number of thiazole rings is 1. The Morgan fingerprint density at radius 1 is 1.15 bits per heavy atom. The van der Waals surface area contributed by atoms with Crippen molar-refractivity contribution in [1.82, 2.24) is 15.3 Å². The zero-order valence-corrected chi connectivity index (χ0v) is 15.3. The van der Waals surface area contributed by atoms with Crippen LogP contribution in [0.2, 0.25) is 0 Å². The molecule has 2 aromatic heterocycles. The number of anilines is 1. The van der Waals surface area contributed by atoms with E-state index in [0.29, 0.717) is 11.5 Å². The molecule has 0 fully saturated rings. The Kier molecular flexibility index (Phi) is 5.56. The van der Waals surface area contributed by atoms with Crippen molar-refractivity contribution in [3.63, 3.8) is 0 Å². The van der Waals surface area contributed by atoms with Crippen molar-refractivity contribution in [3.05, 3.63) is 53.4 Å². The molecule has 0 aliphatic heterocycles. The SMILES string of the molecule is CCNC(=NC)Nc1nc(-c2cccc(-c3cccc(C#N)c3)n2)cs1. The fourth-order valence-electron chi connectivity index (χ4n) is 2.38. The molecule has 2 N–H and O–H groups in total. The summed E-state index contributed by atoms with van der Waals surface area (Å²) in [5, 5.41) is 18.1. The number of rotatable bonds is 4. The number of guanidine groups is 1. The number of pyridine rings is 1. The molecule has 0 spiro atoms. The Hall–Kier alpha value is -3.24. The van der Waals surface area contributed by atoms with Gasteiger partial charge in [0.05, 0.1) is 23.0 Å². The first kappa shape index (κ1) is 17.6. The normalized spacial score (nSPS) is 11.0. The molecular weight excluding hydrogens is 344 g/mol. The molecule has 0 amide bonds. The number of aromatic nitrogens is 2. The molecule has 0 atom stereocenters. The number of nitriles is 1. The van der Waals surface area contributed by atoms with Crippen LogP contribution < -0.4 is 10.6 Å². The van der Waals surface area contributed by atoms with E-state index in [1.807, 2.05) is 48.7 Å². The fraction of sp³-hybridized carbons (Fsp3) is 0.158. The zero-order chi connectivity index (χ0) is 18.4. The van der Waals surface area contributed by atoms with Crippen LogP contribution in [-0.4, -0.2) is 29.5 Å². The van der Waals surface area contributed by atoms with E-state index >= 15 is 0 Å². The van der Waals surface area contributed by atoms with Crippen LogP contribution in [-0.2, 0) is 0 Å². The predicted molar refractivity (Wildman–Crippen MR) is 106 cm³/mol. The van der Waals surface area contributed by atoms with Gasteiger partial charge in [0.2, 0.25) is 0 Å². The van der Waals surface area contributed by atoms with Gasteiger partial charge >= 0.3 is 0 Å². The minimum atomic E-state index is 0.615. The summed E-state index contributed by atoms with van der Waals surface area (Å²) in [6.45, 7) is 2.79. The van der Waals surface area contributed by atoms with Gasteiger partial charge in [-0.25, -0.2) is 9.97 Å². The van der Waals surface area contributed by atoms with Gasteiger partial charge in [0, 0.05) is 24.5 Å². The van der Waals surface area contributed by atoms with Crippen molar-refractivity contribution in [2.75, 3.05) is 18.9 Å². The quantitative estimate of drug-likeness (QED) is 0.545. The number of aliphatic imine (C=N–C) groups is 1. The van der Waals surface area contributed by atoms with E-state index in [2.05, 4.69) is 26.7 Å². The molecule has 0 aliphatic carbocycles. The van der Waals surface area contributed by atoms with Crippen molar-refractivity contribution < 1.29 is 0 Å². The molecule has 6 nitrogen and oxygen atoms in total. The van der Waals surface area contributed by atoms with Crippen LogP contribution in [0, 0.1) is 11.3 Å². The van der Waals surface area contributed by atoms with Gasteiger partial charge in [0.1, 0.15) is 5.69 Å². The Bertz CT molecular complexity index is 970. The third kappa shape index (κ3) is 4.05. The van der Waals surface area contributed by atoms with E-state index < -0.39 is 0 Å². The van der Waals surface area contributed by atoms with Gasteiger partial charge in [-0.3, -0.25) is 4.99 Å². The minimum Gasteiger partial charge on any atom is -0.356 e. The summed E-state index contributed by atoms with van der Waals surface area (Å²) in [5.74, 6) is 0.684. The number of hydrogen-bond acceptors (Lipinski definition) is 5. The van der Waals surface area contributed by atoms with Gasteiger partial charge in [0.25, 0.3) is 0 Å². The van der Waals surface area contributed by atoms with Crippen molar-refractivity contribution >= 4 is 22.4 Å². The maximum atomic E-state index is 9.07. The van der Waals surface area contributed by atoms with Crippen LogP contribution in [0.1, 0.15) is 12.5 Å². The predicted octanol–water partition coefficient (Wildman–Crippen LogP) is 3.75. The van der Waals surface area contributed by atoms with Gasteiger partial charge < -0.3 is 10.6 Å². The molecule has 0 radical (unpaired) electrons. The van der Waals surface area contributed by atoms with Crippen LogP contribution in [0.15, 0.2) is 52.8 Å². The summed E-state index contributed by atoms with van der Waals surface area (Å²) < 4.78 is 0. The summed E-state index contributed by atoms with van der Waals surface area (Å²) >= 11 is 1.50. The molecule has 0 bridgehead atoms. The fourth-order valence-corrected chi connectivity index (χ4v) is 3.09. The topological polar surface area (TPSA) is 86.0 Å². The summed E-state index contributed by atoms with van der Waals surface area (Å²) in [7, 11) is 1.72. The lowest BCUT2D eigenvalue weighted by Crippen LogP contribution is -2.30. The molecule has 3 rings (SSSR count). The standard InChI is InChI=1S/C19H18N6S/c1-3-22-18(21-2)25-19-24-17(12-26-19)16-9-5-8-15(23-16)14-7-4-6-13(10-14)11-20/h4-10,12H,3H2,1-2H3,(H2,21,22,24,25). The maximum Gasteiger partial charge on any atom is 0.197 e. The molecule has 130 valence electrons. The van der Waals surface area contributed by atoms with E-state index in [1.165, 1.54) is 11.3 Å². The van der Waals surface area contributed by atoms with Crippen LogP contribution in [0.25, 0.3) is 22.6 Å². The average molecular weight is 362 g/mol. The smallest absolute Gasteiger partial charge is 0.197 e. The molecule has 0 aliphatic rings. The van der Waals surface area contributed by atoms with Crippen molar-refractivity contribution in [3.8, 4) is 28.7 Å². The molecule has 0 saturated carbocycles. The molecule has 0 saturated heterocycles. The zero-order valence-electron chi connectivity index (χ0n) is 14.5. The van der Waals surface area contributed by atoms with E-state index in [1.54, 1.807) is 13.1 Å². The lowest BCUT2D eigenvalue weighted by molar-refractivity contribution is 0.957. The van der Waals surface area contributed by atoms with Crippen molar-refractivity contribution in [1.29, 1.82) is 5.26 Å².